The average molecular weight is 368 g/mol. The Kier molecular flexibility index (Phi) is 7.34. The molecule has 0 saturated carbocycles. The lowest BCUT2D eigenvalue weighted by molar-refractivity contribution is 0.260. The minimum Gasteiger partial charge on any atom is -0.356 e. The Balaban J connectivity index is 1.31. The van der Waals surface area contributed by atoms with Crippen LogP contribution in [0, 0.1) is 0 Å². The topological polar surface area (TPSA) is 81.6 Å². The monoisotopic (exact) mass is 368 g/mol. The van der Waals surface area contributed by atoms with Crippen LogP contribution in [0.25, 0.3) is 0 Å². The van der Waals surface area contributed by atoms with Crippen molar-refractivity contribution >= 4 is 11.9 Å². The van der Waals surface area contributed by atoms with Gasteiger partial charge in [0.2, 0.25) is 5.95 Å². The molecule has 3 rings (SSSR count). The predicted molar refractivity (Wildman–Crippen MR) is 108 cm³/mol. The molecule has 1 aliphatic rings. The fourth-order valence-corrected chi connectivity index (χ4v) is 3.03. The van der Waals surface area contributed by atoms with Crippen LogP contribution in [0.4, 0.5) is 5.95 Å². The van der Waals surface area contributed by atoms with Gasteiger partial charge in [-0.3, -0.25) is 14.9 Å². The van der Waals surface area contributed by atoms with E-state index in [1.807, 2.05) is 30.5 Å². The summed E-state index contributed by atoms with van der Waals surface area (Å²) in [4.78, 5) is 22.0. The number of nitrogens with zero attached hydrogens (tertiary/aromatic N) is 6. The van der Waals surface area contributed by atoms with E-state index in [2.05, 4.69) is 40.4 Å². The number of hydrogen-bond donors (Lipinski definition) is 2. The molecule has 0 aromatic carbocycles. The molecule has 0 amide bonds. The third-order valence-electron chi connectivity index (χ3n) is 4.55. The van der Waals surface area contributed by atoms with Gasteiger partial charge in [-0.2, -0.15) is 0 Å². The number of aliphatic imine (C=N–C) groups is 1. The average Bonchev–Trinajstić information content (AvgIpc) is 2.74. The largest absolute Gasteiger partial charge is 0.356 e. The number of aromatic nitrogens is 3. The van der Waals surface area contributed by atoms with Crippen LogP contribution < -0.4 is 15.5 Å². The summed E-state index contributed by atoms with van der Waals surface area (Å²) >= 11 is 0. The van der Waals surface area contributed by atoms with Gasteiger partial charge in [0, 0.05) is 83.6 Å². The molecular weight excluding hydrogens is 340 g/mol. The second kappa shape index (κ2) is 10.4. The van der Waals surface area contributed by atoms with E-state index in [0.29, 0.717) is 0 Å². The van der Waals surface area contributed by atoms with Gasteiger partial charge in [0.1, 0.15) is 0 Å². The normalized spacial score (nSPS) is 15.6. The fraction of sp³-hybridized carbons (Fsp3) is 0.474. The van der Waals surface area contributed by atoms with E-state index in [0.717, 1.165) is 69.8 Å². The molecule has 27 heavy (non-hydrogen) atoms. The Morgan fingerprint density at radius 3 is 2.41 bits per heavy atom. The van der Waals surface area contributed by atoms with Crippen molar-refractivity contribution in [3.63, 3.8) is 0 Å². The van der Waals surface area contributed by atoms with E-state index < -0.39 is 0 Å². The Morgan fingerprint density at radius 1 is 0.963 bits per heavy atom. The zero-order valence-electron chi connectivity index (χ0n) is 15.9. The van der Waals surface area contributed by atoms with Crippen molar-refractivity contribution in [3.05, 3.63) is 48.5 Å². The maximum atomic E-state index is 4.33. The van der Waals surface area contributed by atoms with Crippen molar-refractivity contribution in [2.45, 2.75) is 6.42 Å². The molecule has 2 aromatic rings. The maximum Gasteiger partial charge on any atom is 0.225 e. The summed E-state index contributed by atoms with van der Waals surface area (Å²) in [5.74, 6) is 1.66. The first-order chi connectivity index (χ1) is 13.3. The molecule has 1 fully saturated rings. The zero-order chi connectivity index (χ0) is 18.7. The first-order valence-corrected chi connectivity index (χ1v) is 9.44. The molecule has 0 spiro atoms. The minimum atomic E-state index is 0.812. The summed E-state index contributed by atoms with van der Waals surface area (Å²) in [6, 6.07) is 7.84. The molecule has 0 unspecified atom stereocenters. The summed E-state index contributed by atoms with van der Waals surface area (Å²) < 4.78 is 0. The standard InChI is InChI=1S/C19H28N8/c1-20-18(22-10-6-17-5-2-3-7-21-17)23-11-12-26-13-15-27(16-14-26)19-24-8-4-9-25-19/h2-5,7-9H,6,10-16H2,1H3,(H2,20,22,23). The molecule has 8 nitrogen and oxygen atoms in total. The minimum absolute atomic E-state index is 0.812. The first-order valence-electron chi connectivity index (χ1n) is 9.44. The van der Waals surface area contributed by atoms with Gasteiger partial charge in [0.25, 0.3) is 0 Å². The Morgan fingerprint density at radius 2 is 1.70 bits per heavy atom. The Hall–Kier alpha value is -2.74. The van der Waals surface area contributed by atoms with Crippen LogP contribution in [0.5, 0.6) is 0 Å². The van der Waals surface area contributed by atoms with Crippen LogP contribution in [-0.2, 0) is 6.42 Å². The lowest BCUT2D eigenvalue weighted by Crippen LogP contribution is -2.49. The molecular formula is C19H28N8. The molecule has 3 heterocycles. The molecule has 1 aliphatic heterocycles. The molecule has 144 valence electrons. The van der Waals surface area contributed by atoms with Crippen molar-refractivity contribution in [1.29, 1.82) is 0 Å². The van der Waals surface area contributed by atoms with Crippen LogP contribution in [-0.4, -0.2) is 78.7 Å². The van der Waals surface area contributed by atoms with Gasteiger partial charge in [-0.1, -0.05) is 6.07 Å². The van der Waals surface area contributed by atoms with Gasteiger partial charge in [-0.05, 0) is 18.2 Å². The highest BCUT2D eigenvalue weighted by atomic mass is 15.3. The third kappa shape index (κ3) is 6.18. The van der Waals surface area contributed by atoms with Crippen molar-refractivity contribution in [1.82, 2.24) is 30.5 Å². The van der Waals surface area contributed by atoms with Crippen molar-refractivity contribution in [2.24, 2.45) is 4.99 Å². The van der Waals surface area contributed by atoms with Gasteiger partial charge >= 0.3 is 0 Å². The summed E-state index contributed by atoms with van der Waals surface area (Å²) in [5.41, 5.74) is 1.08. The lowest BCUT2D eigenvalue weighted by Gasteiger charge is -2.34. The summed E-state index contributed by atoms with van der Waals surface area (Å²) in [6.45, 7) is 6.63. The fourth-order valence-electron chi connectivity index (χ4n) is 3.03. The molecule has 0 atom stereocenters. The summed E-state index contributed by atoms with van der Waals surface area (Å²) in [7, 11) is 1.80. The van der Waals surface area contributed by atoms with E-state index in [9.17, 15) is 0 Å². The molecule has 0 bridgehead atoms. The van der Waals surface area contributed by atoms with Crippen molar-refractivity contribution in [3.8, 4) is 0 Å². The number of rotatable bonds is 7. The molecule has 1 saturated heterocycles. The number of hydrogen-bond acceptors (Lipinski definition) is 6. The molecule has 2 N–H and O–H groups in total. The highest BCUT2D eigenvalue weighted by molar-refractivity contribution is 5.79. The Bertz CT molecular complexity index is 683. The highest BCUT2D eigenvalue weighted by Gasteiger charge is 2.18. The molecule has 0 aliphatic carbocycles. The van der Waals surface area contributed by atoms with Crippen LogP contribution in [0.2, 0.25) is 0 Å². The number of pyridine rings is 1. The maximum absolute atomic E-state index is 4.33. The Labute approximate surface area is 160 Å². The molecule has 8 heteroatoms. The number of guanidine groups is 1. The van der Waals surface area contributed by atoms with Gasteiger partial charge in [0.05, 0.1) is 0 Å². The predicted octanol–water partition coefficient (Wildman–Crippen LogP) is 0.401. The van der Waals surface area contributed by atoms with E-state index in [-0.39, 0.29) is 0 Å². The number of anilines is 1. The van der Waals surface area contributed by atoms with Crippen LogP contribution in [0.1, 0.15) is 5.69 Å². The SMILES string of the molecule is CN=C(NCCc1ccccn1)NCCN1CCN(c2ncccn2)CC1. The van der Waals surface area contributed by atoms with Gasteiger partial charge in [0.15, 0.2) is 5.96 Å². The van der Waals surface area contributed by atoms with Crippen LogP contribution in [0.3, 0.4) is 0 Å². The quantitative estimate of drug-likeness (QED) is 0.541. The second-order valence-corrected chi connectivity index (χ2v) is 6.37. The summed E-state index contributed by atoms with van der Waals surface area (Å²) in [6.07, 6.45) is 6.30. The zero-order valence-corrected chi connectivity index (χ0v) is 15.9. The smallest absolute Gasteiger partial charge is 0.225 e. The lowest BCUT2D eigenvalue weighted by atomic mass is 10.3. The molecule has 2 aromatic heterocycles. The van der Waals surface area contributed by atoms with Gasteiger partial charge < -0.3 is 15.5 Å². The van der Waals surface area contributed by atoms with Gasteiger partial charge in [-0.25, -0.2) is 9.97 Å². The van der Waals surface area contributed by atoms with Crippen molar-refractivity contribution < 1.29 is 0 Å². The van der Waals surface area contributed by atoms with Crippen LogP contribution >= 0.6 is 0 Å². The number of piperazine rings is 1. The second-order valence-electron chi connectivity index (χ2n) is 6.37. The third-order valence-corrected chi connectivity index (χ3v) is 4.55. The van der Waals surface area contributed by atoms with E-state index in [1.165, 1.54) is 0 Å². The van der Waals surface area contributed by atoms with Gasteiger partial charge in [-0.15, -0.1) is 0 Å². The van der Waals surface area contributed by atoms with E-state index >= 15 is 0 Å². The van der Waals surface area contributed by atoms with E-state index in [4.69, 9.17) is 0 Å². The first kappa shape index (κ1) is 19.0. The highest BCUT2D eigenvalue weighted by Crippen LogP contribution is 2.08. The van der Waals surface area contributed by atoms with E-state index in [1.54, 1.807) is 19.4 Å². The number of nitrogens with one attached hydrogen (secondary N) is 2. The van der Waals surface area contributed by atoms with Crippen LogP contribution in [0.15, 0.2) is 47.8 Å². The summed E-state index contributed by atoms with van der Waals surface area (Å²) in [5, 5.41) is 6.72. The molecule has 0 radical (unpaired) electrons. The van der Waals surface area contributed by atoms with Crippen molar-refractivity contribution in [2.75, 3.05) is 57.8 Å².